The van der Waals surface area contributed by atoms with Crippen molar-refractivity contribution in [2.75, 3.05) is 12.4 Å². The highest BCUT2D eigenvalue weighted by atomic mass is 16.5. The van der Waals surface area contributed by atoms with Crippen LogP contribution in [0.5, 0.6) is 11.5 Å². The van der Waals surface area contributed by atoms with Gasteiger partial charge in [-0.1, -0.05) is 12.1 Å². The second-order valence-corrected chi connectivity index (χ2v) is 7.33. The molecular formula is C24H23N3O4. The predicted octanol–water partition coefficient (Wildman–Crippen LogP) is 3.90. The molecule has 158 valence electrons. The fourth-order valence-electron chi connectivity index (χ4n) is 3.76. The van der Waals surface area contributed by atoms with E-state index in [9.17, 15) is 9.59 Å². The first-order valence-electron chi connectivity index (χ1n) is 10.0. The van der Waals surface area contributed by atoms with Crippen LogP contribution in [0, 0.1) is 0 Å². The molecule has 31 heavy (non-hydrogen) atoms. The Morgan fingerprint density at radius 1 is 1.06 bits per heavy atom. The molecule has 0 saturated carbocycles. The van der Waals surface area contributed by atoms with Crippen LogP contribution in [0.15, 0.2) is 60.9 Å². The smallest absolute Gasteiger partial charge is 0.255 e. The molecule has 0 bridgehead atoms. The van der Waals surface area contributed by atoms with E-state index in [1.54, 1.807) is 43.6 Å². The molecule has 3 N–H and O–H groups in total. The molecule has 1 heterocycles. The number of aromatic nitrogens is 1. The summed E-state index contributed by atoms with van der Waals surface area (Å²) in [4.78, 5) is 28.2. The van der Waals surface area contributed by atoms with Crippen molar-refractivity contribution in [3.63, 3.8) is 0 Å². The van der Waals surface area contributed by atoms with Crippen molar-refractivity contribution in [1.29, 1.82) is 0 Å². The average Bonchev–Trinajstić information content (AvgIpc) is 2.80. The molecule has 1 aliphatic rings. The first kappa shape index (κ1) is 20.4. The minimum absolute atomic E-state index is 0.183. The van der Waals surface area contributed by atoms with Crippen LogP contribution >= 0.6 is 0 Å². The van der Waals surface area contributed by atoms with Crippen molar-refractivity contribution in [1.82, 2.24) is 4.98 Å². The molecule has 0 spiro atoms. The Kier molecular flexibility index (Phi) is 5.84. The summed E-state index contributed by atoms with van der Waals surface area (Å²) in [7, 11) is 1.59. The van der Waals surface area contributed by atoms with Gasteiger partial charge in [-0.05, 0) is 66.8 Å². The Labute approximate surface area is 180 Å². The summed E-state index contributed by atoms with van der Waals surface area (Å²) in [5.41, 5.74) is 9.04. The van der Waals surface area contributed by atoms with Crippen LogP contribution in [-0.2, 0) is 6.42 Å². The summed E-state index contributed by atoms with van der Waals surface area (Å²) in [6.07, 6.45) is 5.35. The Hall–Kier alpha value is -3.87. The average molecular weight is 417 g/mol. The van der Waals surface area contributed by atoms with Gasteiger partial charge >= 0.3 is 0 Å². The van der Waals surface area contributed by atoms with Crippen molar-refractivity contribution in [2.24, 2.45) is 5.73 Å². The van der Waals surface area contributed by atoms with E-state index in [0.29, 0.717) is 22.6 Å². The number of primary amides is 1. The standard InChI is InChI=1S/C24H23N3O4/c1-30-17-10-8-15(9-11-17)24(29)27-21-6-2-5-20-19(21)4-3-7-22(20)31-18-12-16(23(25)28)13-26-14-18/h2,5-6,8-14,22H,3-4,7H2,1H3,(H2,25,28)(H,27,29). The number of pyridine rings is 1. The Bertz CT molecular complexity index is 1110. The lowest BCUT2D eigenvalue weighted by atomic mass is 9.88. The third-order valence-corrected chi connectivity index (χ3v) is 5.33. The highest BCUT2D eigenvalue weighted by molar-refractivity contribution is 6.04. The number of nitrogens with one attached hydrogen (secondary N) is 1. The maximum atomic E-state index is 12.7. The van der Waals surface area contributed by atoms with Gasteiger partial charge in [-0.3, -0.25) is 14.6 Å². The lowest BCUT2D eigenvalue weighted by Crippen LogP contribution is -2.19. The molecule has 1 unspecified atom stereocenters. The van der Waals surface area contributed by atoms with Crippen molar-refractivity contribution in [2.45, 2.75) is 25.4 Å². The van der Waals surface area contributed by atoms with Crippen LogP contribution in [0.25, 0.3) is 0 Å². The maximum Gasteiger partial charge on any atom is 0.255 e. The van der Waals surface area contributed by atoms with E-state index in [0.717, 1.165) is 36.1 Å². The number of anilines is 1. The van der Waals surface area contributed by atoms with Gasteiger partial charge in [-0.25, -0.2) is 0 Å². The number of ether oxygens (including phenoxy) is 2. The number of amides is 2. The van der Waals surface area contributed by atoms with Gasteiger partial charge in [0.2, 0.25) is 5.91 Å². The fraction of sp³-hybridized carbons (Fsp3) is 0.208. The third-order valence-electron chi connectivity index (χ3n) is 5.33. The number of carbonyl (C=O) groups is 2. The Morgan fingerprint density at radius 2 is 1.87 bits per heavy atom. The molecule has 2 aromatic carbocycles. The van der Waals surface area contributed by atoms with Crippen molar-refractivity contribution < 1.29 is 19.1 Å². The second kappa shape index (κ2) is 8.87. The number of rotatable bonds is 6. The topological polar surface area (TPSA) is 104 Å². The molecule has 0 radical (unpaired) electrons. The molecule has 0 aliphatic heterocycles. The number of nitrogens with two attached hydrogens (primary N) is 1. The molecular weight excluding hydrogens is 394 g/mol. The van der Waals surface area contributed by atoms with Crippen molar-refractivity contribution in [3.8, 4) is 11.5 Å². The number of hydrogen-bond acceptors (Lipinski definition) is 5. The molecule has 1 aromatic heterocycles. The maximum absolute atomic E-state index is 12.7. The lowest BCUT2D eigenvalue weighted by molar-refractivity contribution is 0.0996. The zero-order valence-corrected chi connectivity index (χ0v) is 17.1. The molecule has 0 fully saturated rings. The zero-order valence-electron chi connectivity index (χ0n) is 17.1. The summed E-state index contributed by atoms with van der Waals surface area (Å²) in [6, 6.07) is 14.4. The fourth-order valence-corrected chi connectivity index (χ4v) is 3.76. The first-order valence-corrected chi connectivity index (χ1v) is 10.0. The number of nitrogens with zero attached hydrogens (tertiary/aromatic N) is 1. The number of hydrogen-bond donors (Lipinski definition) is 2. The van der Waals surface area contributed by atoms with Gasteiger partial charge < -0.3 is 20.5 Å². The molecule has 7 nitrogen and oxygen atoms in total. The van der Waals surface area contributed by atoms with Gasteiger partial charge in [0.1, 0.15) is 17.6 Å². The van der Waals surface area contributed by atoms with E-state index in [4.69, 9.17) is 15.2 Å². The van der Waals surface area contributed by atoms with E-state index >= 15 is 0 Å². The number of methoxy groups -OCH3 is 1. The largest absolute Gasteiger partial charge is 0.497 e. The molecule has 7 heteroatoms. The molecule has 1 aliphatic carbocycles. The van der Waals surface area contributed by atoms with Crippen LogP contribution in [0.1, 0.15) is 50.8 Å². The SMILES string of the molecule is COc1ccc(C(=O)Nc2cccc3c2CCCC3Oc2cncc(C(N)=O)c2)cc1. The van der Waals surface area contributed by atoms with E-state index in [1.807, 2.05) is 18.2 Å². The highest BCUT2D eigenvalue weighted by Gasteiger charge is 2.25. The van der Waals surface area contributed by atoms with Gasteiger partial charge in [0, 0.05) is 17.4 Å². The number of fused-ring (bicyclic) bond motifs is 1. The summed E-state index contributed by atoms with van der Waals surface area (Å²) in [5, 5.41) is 3.02. The molecule has 3 aromatic rings. The monoisotopic (exact) mass is 417 g/mol. The van der Waals surface area contributed by atoms with Crippen LogP contribution < -0.4 is 20.5 Å². The minimum atomic E-state index is -0.550. The van der Waals surface area contributed by atoms with Gasteiger partial charge in [0.25, 0.3) is 5.91 Å². The van der Waals surface area contributed by atoms with Crippen LogP contribution in [0.4, 0.5) is 5.69 Å². The predicted molar refractivity (Wildman–Crippen MR) is 116 cm³/mol. The summed E-state index contributed by atoms with van der Waals surface area (Å²) < 4.78 is 11.3. The molecule has 2 amide bonds. The van der Waals surface area contributed by atoms with Gasteiger partial charge in [0.05, 0.1) is 18.9 Å². The Balaban J connectivity index is 1.56. The van der Waals surface area contributed by atoms with Crippen molar-refractivity contribution >= 4 is 17.5 Å². The van der Waals surface area contributed by atoms with Crippen LogP contribution in [0.2, 0.25) is 0 Å². The van der Waals surface area contributed by atoms with Gasteiger partial charge in [-0.2, -0.15) is 0 Å². The minimum Gasteiger partial charge on any atom is -0.497 e. The normalized spacial score (nSPS) is 14.9. The number of carbonyl (C=O) groups excluding carboxylic acids is 2. The van der Waals surface area contributed by atoms with E-state index in [-0.39, 0.29) is 12.0 Å². The van der Waals surface area contributed by atoms with Crippen LogP contribution in [-0.4, -0.2) is 23.9 Å². The van der Waals surface area contributed by atoms with E-state index < -0.39 is 5.91 Å². The summed E-state index contributed by atoms with van der Waals surface area (Å²) >= 11 is 0. The van der Waals surface area contributed by atoms with Crippen molar-refractivity contribution in [3.05, 3.63) is 83.2 Å². The summed E-state index contributed by atoms with van der Waals surface area (Å²) in [6.45, 7) is 0. The van der Waals surface area contributed by atoms with E-state index in [2.05, 4.69) is 10.3 Å². The lowest BCUT2D eigenvalue weighted by Gasteiger charge is -2.28. The van der Waals surface area contributed by atoms with Gasteiger partial charge in [-0.15, -0.1) is 0 Å². The quantitative estimate of drug-likeness (QED) is 0.633. The third kappa shape index (κ3) is 4.50. The molecule has 4 rings (SSSR count). The molecule has 0 saturated heterocycles. The van der Waals surface area contributed by atoms with E-state index in [1.165, 1.54) is 6.20 Å². The first-order chi connectivity index (χ1) is 15.0. The van der Waals surface area contributed by atoms with Gasteiger partial charge in [0.15, 0.2) is 0 Å². The summed E-state index contributed by atoms with van der Waals surface area (Å²) in [5.74, 6) is 0.452. The number of benzene rings is 2. The highest BCUT2D eigenvalue weighted by Crippen LogP contribution is 2.37. The molecule has 1 atom stereocenters. The second-order valence-electron chi connectivity index (χ2n) is 7.33. The Morgan fingerprint density at radius 3 is 2.61 bits per heavy atom. The van der Waals surface area contributed by atoms with Crippen LogP contribution in [0.3, 0.4) is 0 Å². The zero-order chi connectivity index (χ0) is 21.8.